The Balaban J connectivity index is 3.02. The van der Waals surface area contributed by atoms with Crippen molar-refractivity contribution in [3.63, 3.8) is 0 Å². The average molecular weight is 239 g/mol. The van der Waals surface area contributed by atoms with Crippen molar-refractivity contribution in [3.8, 4) is 0 Å². The van der Waals surface area contributed by atoms with Gasteiger partial charge in [-0.1, -0.05) is 0 Å². The zero-order valence-electron chi connectivity index (χ0n) is 8.36. The minimum absolute atomic E-state index is 0.260. The Kier molecular flexibility index (Phi) is 3.28. The van der Waals surface area contributed by atoms with Crippen molar-refractivity contribution in [1.82, 2.24) is 4.31 Å². The fourth-order valence-electron chi connectivity index (χ4n) is 1.12. The number of hydrogen-bond acceptors (Lipinski definition) is 3. The molecule has 1 heterocycles. The summed E-state index contributed by atoms with van der Waals surface area (Å²) in [6.45, 7) is 1.91. The van der Waals surface area contributed by atoms with E-state index in [0.29, 0.717) is 11.5 Å². The number of amidine groups is 1. The largest absolute Gasteiger partial charge is 0.375 e. The standard InChI is InChI=1S/C7H13ClN3O2S/c1-6-9-7(4-8)5-11(6)14(12,13)10(2)3/h4-5H2,1-3H3/q+1. The van der Waals surface area contributed by atoms with Crippen LogP contribution in [0, 0.1) is 0 Å². The maximum Gasteiger partial charge on any atom is 0.375 e. The number of rotatable bonds is 3. The molecule has 7 heteroatoms. The lowest BCUT2D eigenvalue weighted by Crippen LogP contribution is -2.36. The van der Waals surface area contributed by atoms with Gasteiger partial charge in [0.15, 0.2) is 12.3 Å². The lowest BCUT2D eigenvalue weighted by molar-refractivity contribution is -0.349. The maximum atomic E-state index is 11.7. The van der Waals surface area contributed by atoms with Gasteiger partial charge in [0.05, 0.1) is 5.88 Å². The Labute approximate surface area is 88.9 Å². The van der Waals surface area contributed by atoms with E-state index in [4.69, 9.17) is 11.6 Å². The number of alkyl halides is 1. The fraction of sp³-hybridized carbons (Fsp3) is 0.714. The molecule has 1 rings (SSSR count). The molecule has 0 N–H and O–H groups in total. The highest BCUT2D eigenvalue weighted by atomic mass is 35.5. The smallest absolute Gasteiger partial charge is 0.172 e. The predicted molar refractivity (Wildman–Crippen MR) is 56.6 cm³/mol. The Hall–Kier alpha value is -0.460. The third-order valence-electron chi connectivity index (χ3n) is 1.90. The molecule has 0 amide bonds. The van der Waals surface area contributed by atoms with Crippen LogP contribution in [-0.4, -0.2) is 54.8 Å². The van der Waals surface area contributed by atoms with Gasteiger partial charge in [0.25, 0.3) is 0 Å². The van der Waals surface area contributed by atoms with Crippen LogP contribution in [0.1, 0.15) is 6.92 Å². The molecule has 0 aromatic heterocycles. The van der Waals surface area contributed by atoms with Crippen LogP contribution in [-0.2, 0) is 10.2 Å². The second-order valence-corrected chi connectivity index (χ2v) is 5.49. The van der Waals surface area contributed by atoms with Crippen molar-refractivity contribution >= 4 is 33.4 Å². The number of nitrogens with zero attached hydrogens (tertiary/aromatic N) is 3. The number of halogens is 1. The maximum absolute atomic E-state index is 11.7. The van der Waals surface area contributed by atoms with Gasteiger partial charge in [0.2, 0.25) is 0 Å². The molecule has 5 nitrogen and oxygen atoms in total. The van der Waals surface area contributed by atoms with Gasteiger partial charge in [0.1, 0.15) is 0 Å². The monoisotopic (exact) mass is 238 g/mol. The van der Waals surface area contributed by atoms with E-state index in [1.807, 2.05) is 0 Å². The molecule has 0 fully saturated rings. The SMILES string of the molecule is CC1=[N+](S(=O)(=O)N(C)C)CC(CCl)=N1. The highest BCUT2D eigenvalue weighted by Crippen LogP contribution is 2.06. The molecule has 14 heavy (non-hydrogen) atoms. The lowest BCUT2D eigenvalue weighted by atomic mass is 10.4. The van der Waals surface area contributed by atoms with Crippen molar-refractivity contribution in [2.24, 2.45) is 4.99 Å². The lowest BCUT2D eigenvalue weighted by Gasteiger charge is -2.09. The Morgan fingerprint density at radius 1 is 1.57 bits per heavy atom. The molecule has 0 aromatic rings. The van der Waals surface area contributed by atoms with Crippen molar-refractivity contribution in [1.29, 1.82) is 0 Å². The van der Waals surface area contributed by atoms with Crippen LogP contribution in [0.5, 0.6) is 0 Å². The summed E-state index contributed by atoms with van der Waals surface area (Å²) < 4.78 is 25.8. The molecule has 80 valence electrons. The molecule has 0 saturated heterocycles. The predicted octanol–water partition coefficient (Wildman–Crippen LogP) is -0.0829. The molecule has 0 radical (unpaired) electrons. The Morgan fingerprint density at radius 3 is 2.50 bits per heavy atom. The topological polar surface area (TPSA) is 52.8 Å². The second-order valence-electron chi connectivity index (χ2n) is 3.16. The molecular weight excluding hydrogens is 226 g/mol. The second kappa shape index (κ2) is 3.96. The van der Waals surface area contributed by atoms with Gasteiger partial charge in [-0.05, 0) is 4.99 Å². The van der Waals surface area contributed by atoms with Gasteiger partial charge < -0.3 is 0 Å². The Bertz CT molecular complexity index is 397. The van der Waals surface area contributed by atoms with Crippen LogP contribution >= 0.6 is 11.6 Å². The van der Waals surface area contributed by atoms with E-state index in [9.17, 15) is 8.42 Å². The van der Waals surface area contributed by atoms with Gasteiger partial charge in [-0.15, -0.1) is 15.6 Å². The van der Waals surface area contributed by atoms with Crippen LogP contribution in [0.25, 0.3) is 0 Å². The van der Waals surface area contributed by atoms with Crippen molar-refractivity contribution in [2.75, 3.05) is 26.5 Å². The zero-order chi connectivity index (χ0) is 10.9. The van der Waals surface area contributed by atoms with E-state index >= 15 is 0 Å². The van der Waals surface area contributed by atoms with E-state index in [-0.39, 0.29) is 12.4 Å². The summed E-state index contributed by atoms with van der Waals surface area (Å²) in [5.74, 6) is 0.728. The molecule has 1 aliphatic rings. The number of hydrogen-bond donors (Lipinski definition) is 0. The average Bonchev–Trinajstić information content (AvgIpc) is 2.47. The zero-order valence-corrected chi connectivity index (χ0v) is 9.93. The minimum atomic E-state index is -3.41. The first-order valence-electron chi connectivity index (χ1n) is 4.05. The van der Waals surface area contributed by atoms with E-state index in [1.54, 1.807) is 6.92 Å². The van der Waals surface area contributed by atoms with E-state index < -0.39 is 10.2 Å². The van der Waals surface area contributed by atoms with Crippen molar-refractivity contribution in [3.05, 3.63) is 0 Å². The van der Waals surface area contributed by atoms with Crippen molar-refractivity contribution in [2.45, 2.75) is 6.92 Å². The third-order valence-corrected chi connectivity index (χ3v) is 4.08. The first-order chi connectivity index (χ1) is 6.39. The Morgan fingerprint density at radius 2 is 2.14 bits per heavy atom. The quantitative estimate of drug-likeness (QED) is 0.510. The van der Waals surface area contributed by atoms with Crippen LogP contribution in [0.4, 0.5) is 0 Å². The normalized spacial score (nSPS) is 17.9. The molecule has 0 unspecified atom stereocenters. The molecule has 0 spiro atoms. The first kappa shape index (κ1) is 11.6. The molecule has 0 aliphatic carbocycles. The summed E-state index contributed by atoms with van der Waals surface area (Å²) >= 11 is 5.59. The van der Waals surface area contributed by atoms with Crippen LogP contribution in [0.15, 0.2) is 4.99 Å². The molecular formula is C7H13ClN3O2S+. The van der Waals surface area contributed by atoms with Gasteiger partial charge in [0, 0.05) is 21.0 Å². The molecule has 0 bridgehead atoms. The van der Waals surface area contributed by atoms with Gasteiger partial charge in [-0.2, -0.15) is 12.7 Å². The summed E-state index contributed by atoms with van der Waals surface area (Å²) in [5.41, 5.74) is 0.676. The van der Waals surface area contributed by atoms with Gasteiger partial charge >= 0.3 is 16.0 Å². The van der Waals surface area contributed by atoms with E-state index in [1.165, 1.54) is 18.1 Å². The molecule has 0 saturated carbocycles. The minimum Gasteiger partial charge on any atom is -0.172 e. The molecule has 0 atom stereocenters. The third kappa shape index (κ3) is 1.97. The van der Waals surface area contributed by atoms with Crippen molar-refractivity contribution < 1.29 is 12.4 Å². The summed E-state index contributed by atoms with van der Waals surface area (Å²) in [5, 5.41) is 0. The summed E-state index contributed by atoms with van der Waals surface area (Å²) in [7, 11) is -0.438. The summed E-state index contributed by atoms with van der Waals surface area (Å²) in [6, 6.07) is 0. The molecule has 1 aliphatic heterocycles. The van der Waals surface area contributed by atoms with Gasteiger partial charge in [-0.3, -0.25) is 0 Å². The van der Waals surface area contributed by atoms with Crippen LogP contribution in [0.3, 0.4) is 0 Å². The van der Waals surface area contributed by atoms with Crippen LogP contribution in [0.2, 0.25) is 0 Å². The van der Waals surface area contributed by atoms with Gasteiger partial charge in [-0.25, -0.2) is 0 Å². The van der Waals surface area contributed by atoms with Crippen LogP contribution < -0.4 is 0 Å². The fourth-order valence-corrected chi connectivity index (χ4v) is 2.34. The molecule has 0 aromatic carbocycles. The number of aliphatic imine (C=N–C) groups is 1. The highest BCUT2D eigenvalue weighted by Gasteiger charge is 2.33. The summed E-state index contributed by atoms with van der Waals surface area (Å²) in [4.78, 5) is 4.06. The summed E-state index contributed by atoms with van der Waals surface area (Å²) in [6.07, 6.45) is 0. The van der Waals surface area contributed by atoms with E-state index in [0.717, 1.165) is 4.31 Å². The highest BCUT2D eigenvalue weighted by molar-refractivity contribution is 7.83. The van der Waals surface area contributed by atoms with E-state index in [2.05, 4.69) is 4.99 Å². The first-order valence-corrected chi connectivity index (χ1v) is 5.99.